The maximum atomic E-state index is 13.5. The Hall–Kier alpha value is -3.69. The summed E-state index contributed by atoms with van der Waals surface area (Å²) in [6.45, 7) is -0.896. The molecule has 3 aliphatic rings. The number of ether oxygens (including phenoxy) is 1. The number of alkyl halides is 4. The summed E-state index contributed by atoms with van der Waals surface area (Å²) < 4.78 is 59.0. The van der Waals surface area contributed by atoms with E-state index in [9.17, 15) is 27.2 Å². The molecule has 0 spiro atoms. The third kappa shape index (κ3) is 6.16. The smallest absolute Gasteiger partial charge is 0.422 e. The van der Waals surface area contributed by atoms with E-state index in [4.69, 9.17) is 4.74 Å². The van der Waals surface area contributed by atoms with E-state index in [0.29, 0.717) is 54.1 Å². The summed E-state index contributed by atoms with van der Waals surface area (Å²) in [7, 11) is 1.55. The third-order valence-electron chi connectivity index (χ3n) is 7.44. The summed E-state index contributed by atoms with van der Waals surface area (Å²) in [5.74, 6) is -0.392. The van der Waals surface area contributed by atoms with E-state index >= 15 is 0 Å². The summed E-state index contributed by atoms with van der Waals surface area (Å²) >= 11 is 1.36. The van der Waals surface area contributed by atoms with Crippen LogP contribution in [0.2, 0.25) is 0 Å². The van der Waals surface area contributed by atoms with Gasteiger partial charge in [0.2, 0.25) is 17.7 Å². The highest BCUT2D eigenvalue weighted by molar-refractivity contribution is 7.17. The summed E-state index contributed by atoms with van der Waals surface area (Å²) in [4.78, 5) is 26.9. The van der Waals surface area contributed by atoms with Crippen molar-refractivity contribution in [1.82, 2.24) is 29.9 Å². The van der Waals surface area contributed by atoms with Crippen LogP contribution in [-0.2, 0) is 24.7 Å². The second-order valence-corrected chi connectivity index (χ2v) is 11.8. The number of hydrogen-bond acceptors (Lipinski definition) is 8. The molecule has 11 nitrogen and oxygen atoms in total. The second kappa shape index (κ2) is 10.6. The van der Waals surface area contributed by atoms with Gasteiger partial charge in [-0.05, 0) is 50.0 Å². The van der Waals surface area contributed by atoms with E-state index < -0.39 is 30.8 Å². The van der Waals surface area contributed by atoms with Gasteiger partial charge in [-0.1, -0.05) is 0 Å². The van der Waals surface area contributed by atoms with Gasteiger partial charge in [0.1, 0.15) is 23.3 Å². The molecule has 0 saturated heterocycles. The zero-order valence-electron chi connectivity index (χ0n) is 22.0. The molecule has 2 amide bonds. The van der Waals surface area contributed by atoms with Crippen molar-refractivity contribution >= 4 is 39.9 Å². The van der Waals surface area contributed by atoms with E-state index in [-0.39, 0.29) is 24.2 Å². The number of nitrogens with zero attached hydrogens (tertiary/aromatic N) is 5. The molecule has 3 aliphatic carbocycles. The molecular formula is C25H28F4N8O3S. The maximum Gasteiger partial charge on any atom is 0.422 e. The summed E-state index contributed by atoms with van der Waals surface area (Å²) in [5, 5.41) is 21.4. The fourth-order valence-corrected chi connectivity index (χ4v) is 6.16. The van der Waals surface area contributed by atoms with Crippen molar-refractivity contribution in [3.8, 4) is 5.88 Å². The SMILES string of the molecule is Cn1nc(OCC(F)(F)F)cc1Nc1nncn1C1CCc2sc(NC(=O)[C@H]3C[C@@H]3F)c(C(=O)NCC3CC3)c2C1. The average Bonchev–Trinajstić information content (AvgIpc) is 3.76. The Bertz CT molecular complexity index is 1460. The molecule has 3 atom stereocenters. The molecule has 3 aromatic rings. The molecule has 2 fully saturated rings. The van der Waals surface area contributed by atoms with Gasteiger partial charge in [0.15, 0.2) is 6.61 Å². The maximum absolute atomic E-state index is 13.5. The molecule has 41 heavy (non-hydrogen) atoms. The van der Waals surface area contributed by atoms with E-state index in [1.54, 1.807) is 13.4 Å². The largest absolute Gasteiger partial charge is 0.467 e. The van der Waals surface area contributed by atoms with Crippen LogP contribution in [0.3, 0.4) is 0 Å². The number of anilines is 3. The Morgan fingerprint density at radius 3 is 2.73 bits per heavy atom. The first kappa shape index (κ1) is 27.5. The quantitative estimate of drug-likeness (QED) is 0.303. The topological polar surface area (TPSA) is 128 Å². The van der Waals surface area contributed by atoms with Gasteiger partial charge in [-0.2, -0.15) is 13.2 Å². The molecule has 1 unspecified atom stereocenters. The van der Waals surface area contributed by atoms with Crippen molar-refractivity contribution in [2.75, 3.05) is 23.8 Å². The molecule has 0 aliphatic heterocycles. The molecule has 16 heteroatoms. The van der Waals surface area contributed by atoms with Crippen LogP contribution < -0.4 is 20.7 Å². The number of hydrogen-bond donors (Lipinski definition) is 3. The van der Waals surface area contributed by atoms with Gasteiger partial charge in [0, 0.05) is 30.6 Å². The fraction of sp³-hybridized carbons (Fsp3) is 0.560. The number of carbonyl (C=O) groups is 2. The first-order valence-corrected chi connectivity index (χ1v) is 14.1. The Kier molecular flexibility index (Phi) is 7.11. The lowest BCUT2D eigenvalue weighted by atomic mass is 9.91. The molecular weight excluding hydrogens is 568 g/mol. The predicted molar refractivity (Wildman–Crippen MR) is 140 cm³/mol. The minimum atomic E-state index is -4.49. The number of nitrogens with one attached hydrogen (secondary N) is 3. The van der Waals surface area contributed by atoms with Crippen LogP contribution in [0, 0.1) is 11.8 Å². The highest BCUT2D eigenvalue weighted by Crippen LogP contribution is 2.43. The Labute approximate surface area is 235 Å². The lowest BCUT2D eigenvalue weighted by Gasteiger charge is -2.25. The highest BCUT2D eigenvalue weighted by atomic mass is 32.1. The van der Waals surface area contributed by atoms with Gasteiger partial charge in [-0.15, -0.1) is 26.6 Å². The van der Waals surface area contributed by atoms with Gasteiger partial charge in [-0.3, -0.25) is 14.2 Å². The molecule has 0 radical (unpaired) electrons. The first-order valence-electron chi connectivity index (χ1n) is 13.3. The van der Waals surface area contributed by atoms with Gasteiger partial charge in [0.05, 0.1) is 11.5 Å². The monoisotopic (exact) mass is 596 g/mol. The molecule has 2 saturated carbocycles. The van der Waals surface area contributed by atoms with Crippen molar-refractivity contribution in [3.05, 3.63) is 28.4 Å². The third-order valence-corrected chi connectivity index (χ3v) is 8.65. The molecule has 3 heterocycles. The number of fused-ring (bicyclic) bond motifs is 1. The molecule has 6 rings (SSSR count). The standard InChI is InChI=1S/C25H28F4N8O3S/c1-36-18(8-19(35-36)40-10-25(27,28)29)32-24-34-31-11-37(24)13-4-5-17-15(6-13)20(22(39)30-9-12-2-3-12)23(41-17)33-21(38)14-7-16(14)26/h8,11-14,16H,2-7,9-10H2,1H3,(H,30,39)(H,32,34)(H,33,38)/t13?,14-,16-/m0/s1. The summed E-state index contributed by atoms with van der Waals surface area (Å²) in [6, 6.07) is 1.18. The number of amides is 2. The zero-order chi connectivity index (χ0) is 28.9. The number of aromatic nitrogens is 5. The second-order valence-electron chi connectivity index (χ2n) is 10.7. The van der Waals surface area contributed by atoms with Crippen LogP contribution in [-0.4, -0.2) is 61.9 Å². The van der Waals surface area contributed by atoms with Crippen LogP contribution in [0.25, 0.3) is 0 Å². The van der Waals surface area contributed by atoms with Gasteiger partial charge in [-0.25, -0.2) is 9.07 Å². The van der Waals surface area contributed by atoms with E-state index in [1.165, 1.54) is 22.1 Å². The van der Waals surface area contributed by atoms with Gasteiger partial charge < -0.3 is 20.7 Å². The van der Waals surface area contributed by atoms with Crippen molar-refractivity contribution < 1.29 is 31.9 Å². The average molecular weight is 597 g/mol. The van der Waals surface area contributed by atoms with E-state index in [1.807, 2.05) is 4.57 Å². The Morgan fingerprint density at radius 2 is 2.02 bits per heavy atom. The number of halogens is 4. The Balaban J connectivity index is 1.21. The molecule has 220 valence electrons. The highest BCUT2D eigenvalue weighted by Gasteiger charge is 2.44. The number of thiophene rings is 1. The van der Waals surface area contributed by atoms with Crippen LogP contribution >= 0.6 is 11.3 Å². The minimum Gasteiger partial charge on any atom is -0.467 e. The predicted octanol–water partition coefficient (Wildman–Crippen LogP) is 3.92. The van der Waals surface area contributed by atoms with E-state index in [2.05, 4.69) is 31.2 Å². The summed E-state index contributed by atoms with van der Waals surface area (Å²) in [6.07, 6.45) is 0.0377. The van der Waals surface area contributed by atoms with Gasteiger partial charge >= 0.3 is 6.18 Å². The van der Waals surface area contributed by atoms with Crippen molar-refractivity contribution in [1.29, 1.82) is 0 Å². The van der Waals surface area contributed by atoms with Crippen LogP contribution in [0.5, 0.6) is 5.88 Å². The summed E-state index contributed by atoms with van der Waals surface area (Å²) in [5.41, 5.74) is 1.24. The molecule has 0 aromatic carbocycles. The number of rotatable bonds is 10. The molecule has 0 bridgehead atoms. The van der Waals surface area contributed by atoms with E-state index in [0.717, 1.165) is 23.3 Å². The van der Waals surface area contributed by atoms with Gasteiger partial charge in [0.25, 0.3) is 5.91 Å². The fourth-order valence-electron chi connectivity index (χ4n) is 4.92. The lowest BCUT2D eigenvalue weighted by molar-refractivity contribution is -0.154. The van der Waals surface area contributed by atoms with Crippen LogP contribution in [0.1, 0.15) is 52.5 Å². The number of carbonyl (C=O) groups excluding carboxylic acids is 2. The normalized spacial score (nSPS) is 21.7. The minimum absolute atomic E-state index is 0.152. The Morgan fingerprint density at radius 1 is 1.24 bits per heavy atom. The van der Waals surface area contributed by atoms with Crippen LogP contribution in [0.15, 0.2) is 12.4 Å². The first-order chi connectivity index (χ1) is 19.6. The molecule has 3 aromatic heterocycles. The van der Waals surface area contributed by atoms with Crippen molar-refractivity contribution in [2.45, 2.75) is 56.9 Å². The lowest BCUT2D eigenvalue weighted by Crippen LogP contribution is -2.29. The zero-order valence-corrected chi connectivity index (χ0v) is 22.8. The molecule has 3 N–H and O–H groups in total. The van der Waals surface area contributed by atoms with Crippen molar-refractivity contribution in [2.24, 2.45) is 18.9 Å². The number of aryl methyl sites for hydroxylation is 2. The van der Waals surface area contributed by atoms with Crippen LogP contribution in [0.4, 0.5) is 34.3 Å². The van der Waals surface area contributed by atoms with Crippen molar-refractivity contribution in [3.63, 3.8) is 0 Å².